The first-order chi connectivity index (χ1) is 9.72. The lowest BCUT2D eigenvalue weighted by Gasteiger charge is -2.31. The zero-order valence-electron chi connectivity index (χ0n) is 12.2. The van der Waals surface area contributed by atoms with Crippen LogP contribution in [0.3, 0.4) is 0 Å². The van der Waals surface area contributed by atoms with Gasteiger partial charge < -0.3 is 15.4 Å². The number of amides is 1. The van der Waals surface area contributed by atoms with Gasteiger partial charge in [0.05, 0.1) is 12.5 Å². The molecule has 1 amide bonds. The van der Waals surface area contributed by atoms with Gasteiger partial charge >= 0.3 is 0 Å². The van der Waals surface area contributed by atoms with Crippen molar-refractivity contribution in [2.24, 2.45) is 5.73 Å². The summed E-state index contributed by atoms with van der Waals surface area (Å²) >= 11 is 0. The minimum Gasteiger partial charge on any atom is -0.378 e. The number of nitrogens with two attached hydrogens (primary N) is 1. The van der Waals surface area contributed by atoms with Crippen molar-refractivity contribution in [1.82, 2.24) is 4.90 Å². The second-order valence-corrected chi connectivity index (χ2v) is 5.23. The lowest BCUT2D eigenvalue weighted by Crippen LogP contribution is -2.41. The third-order valence-electron chi connectivity index (χ3n) is 3.81. The van der Waals surface area contributed by atoms with E-state index in [1.54, 1.807) is 0 Å². The van der Waals surface area contributed by atoms with E-state index < -0.39 is 0 Å². The quantitative estimate of drug-likeness (QED) is 0.891. The molecule has 1 aliphatic rings. The van der Waals surface area contributed by atoms with Crippen LogP contribution in [0.5, 0.6) is 0 Å². The summed E-state index contributed by atoms with van der Waals surface area (Å²) in [7, 11) is 0. The largest absolute Gasteiger partial charge is 0.378 e. The van der Waals surface area contributed by atoms with Crippen molar-refractivity contribution >= 4 is 5.91 Å². The third-order valence-corrected chi connectivity index (χ3v) is 3.81. The molecule has 0 atom stereocenters. The predicted molar refractivity (Wildman–Crippen MR) is 79.3 cm³/mol. The van der Waals surface area contributed by atoms with Crippen molar-refractivity contribution in [2.45, 2.75) is 38.8 Å². The fraction of sp³-hybridized carbons (Fsp3) is 0.562. The van der Waals surface area contributed by atoms with E-state index in [4.69, 9.17) is 10.5 Å². The molecule has 0 aliphatic carbocycles. The highest BCUT2D eigenvalue weighted by Gasteiger charge is 2.22. The summed E-state index contributed by atoms with van der Waals surface area (Å²) in [6.45, 7) is 4.93. The molecule has 0 bridgehead atoms. The number of carbonyl (C=O) groups excluding carboxylic acids is 1. The van der Waals surface area contributed by atoms with Crippen LogP contribution >= 0.6 is 0 Å². The maximum absolute atomic E-state index is 12.2. The molecule has 0 spiro atoms. The molecule has 0 unspecified atom stereocenters. The molecular formula is C16H24N2O2. The lowest BCUT2D eigenvalue weighted by atomic mass is 10.1. The van der Waals surface area contributed by atoms with E-state index in [-0.39, 0.29) is 5.91 Å². The molecule has 110 valence electrons. The fourth-order valence-electron chi connectivity index (χ4n) is 2.59. The third kappa shape index (κ3) is 4.05. The van der Waals surface area contributed by atoms with Crippen LogP contribution in [-0.2, 0) is 22.5 Å². The number of hydrogen-bond acceptors (Lipinski definition) is 3. The summed E-state index contributed by atoms with van der Waals surface area (Å²) in [5.41, 5.74) is 7.72. The second kappa shape index (κ2) is 7.41. The maximum atomic E-state index is 12.2. The Bertz CT molecular complexity index is 423. The van der Waals surface area contributed by atoms with Crippen molar-refractivity contribution < 1.29 is 9.53 Å². The van der Waals surface area contributed by atoms with Crippen LogP contribution in [0.15, 0.2) is 24.3 Å². The van der Waals surface area contributed by atoms with E-state index in [0.717, 1.165) is 43.7 Å². The molecule has 0 aromatic heterocycles. The Balaban J connectivity index is 1.83. The molecule has 20 heavy (non-hydrogen) atoms. The summed E-state index contributed by atoms with van der Waals surface area (Å²) in [6, 6.07) is 7.97. The van der Waals surface area contributed by atoms with Gasteiger partial charge in [0.25, 0.3) is 0 Å². The summed E-state index contributed by atoms with van der Waals surface area (Å²) in [4.78, 5) is 14.2. The molecule has 4 heteroatoms. The van der Waals surface area contributed by atoms with E-state index in [1.807, 2.05) is 36.1 Å². The van der Waals surface area contributed by atoms with Crippen LogP contribution < -0.4 is 5.73 Å². The van der Waals surface area contributed by atoms with Gasteiger partial charge in [-0.3, -0.25) is 4.79 Å². The average Bonchev–Trinajstić information content (AvgIpc) is 2.49. The first-order valence-electron chi connectivity index (χ1n) is 7.40. The SMILES string of the molecule is CCOC1CCN(C(=O)Cc2ccc(CN)cc2)CC1. The molecular weight excluding hydrogens is 252 g/mol. The van der Waals surface area contributed by atoms with Crippen molar-refractivity contribution in [3.63, 3.8) is 0 Å². The smallest absolute Gasteiger partial charge is 0.226 e. The highest BCUT2D eigenvalue weighted by molar-refractivity contribution is 5.78. The number of rotatable bonds is 5. The van der Waals surface area contributed by atoms with E-state index in [0.29, 0.717) is 19.1 Å². The van der Waals surface area contributed by atoms with Crippen LogP contribution in [0.1, 0.15) is 30.9 Å². The highest BCUT2D eigenvalue weighted by Crippen LogP contribution is 2.15. The average molecular weight is 276 g/mol. The maximum Gasteiger partial charge on any atom is 0.226 e. The lowest BCUT2D eigenvalue weighted by molar-refractivity contribution is -0.133. The zero-order valence-corrected chi connectivity index (χ0v) is 12.2. The normalized spacial score (nSPS) is 16.4. The Labute approximate surface area is 120 Å². The summed E-state index contributed by atoms with van der Waals surface area (Å²) < 4.78 is 5.60. The van der Waals surface area contributed by atoms with Crippen LogP contribution in [0.4, 0.5) is 0 Å². The minimum absolute atomic E-state index is 0.209. The first kappa shape index (κ1) is 15.0. The van der Waals surface area contributed by atoms with Crippen LogP contribution in [0.2, 0.25) is 0 Å². The number of carbonyl (C=O) groups is 1. The molecule has 0 radical (unpaired) electrons. The fourth-order valence-corrected chi connectivity index (χ4v) is 2.59. The molecule has 1 aliphatic heterocycles. The van der Waals surface area contributed by atoms with Gasteiger partial charge in [0.15, 0.2) is 0 Å². The number of ether oxygens (including phenoxy) is 1. The first-order valence-corrected chi connectivity index (χ1v) is 7.40. The van der Waals surface area contributed by atoms with Crippen molar-refractivity contribution in [3.8, 4) is 0 Å². The summed E-state index contributed by atoms with van der Waals surface area (Å²) in [5.74, 6) is 0.209. The number of likely N-dealkylation sites (tertiary alicyclic amines) is 1. The van der Waals surface area contributed by atoms with E-state index >= 15 is 0 Å². The van der Waals surface area contributed by atoms with Gasteiger partial charge in [0, 0.05) is 26.2 Å². The van der Waals surface area contributed by atoms with Gasteiger partial charge in [-0.15, -0.1) is 0 Å². The number of hydrogen-bond donors (Lipinski definition) is 1. The predicted octanol–water partition coefficient (Wildman–Crippen LogP) is 1.72. The van der Waals surface area contributed by atoms with Gasteiger partial charge in [-0.05, 0) is 30.9 Å². The van der Waals surface area contributed by atoms with Gasteiger partial charge in [0.2, 0.25) is 5.91 Å². The number of benzene rings is 1. The summed E-state index contributed by atoms with van der Waals surface area (Å²) in [5, 5.41) is 0. The van der Waals surface area contributed by atoms with E-state index in [2.05, 4.69) is 0 Å². The van der Waals surface area contributed by atoms with Gasteiger partial charge in [-0.25, -0.2) is 0 Å². The Morgan fingerprint density at radius 1 is 1.25 bits per heavy atom. The Kier molecular flexibility index (Phi) is 5.56. The van der Waals surface area contributed by atoms with Crippen molar-refractivity contribution in [1.29, 1.82) is 0 Å². The van der Waals surface area contributed by atoms with Gasteiger partial charge in [0.1, 0.15) is 0 Å². The zero-order chi connectivity index (χ0) is 14.4. The standard InChI is InChI=1S/C16H24N2O2/c1-2-20-15-7-9-18(10-8-15)16(19)11-13-3-5-14(12-17)6-4-13/h3-6,15H,2,7-12,17H2,1H3. The molecule has 1 saturated heterocycles. The number of nitrogens with zero attached hydrogens (tertiary/aromatic N) is 1. The second-order valence-electron chi connectivity index (χ2n) is 5.23. The highest BCUT2D eigenvalue weighted by atomic mass is 16.5. The molecule has 0 saturated carbocycles. The van der Waals surface area contributed by atoms with E-state index in [9.17, 15) is 4.79 Å². The van der Waals surface area contributed by atoms with Gasteiger partial charge in [-0.1, -0.05) is 24.3 Å². The topological polar surface area (TPSA) is 55.6 Å². The van der Waals surface area contributed by atoms with Crippen LogP contribution in [0.25, 0.3) is 0 Å². The van der Waals surface area contributed by atoms with Crippen molar-refractivity contribution in [2.75, 3.05) is 19.7 Å². The monoisotopic (exact) mass is 276 g/mol. The Morgan fingerprint density at radius 3 is 2.40 bits per heavy atom. The molecule has 1 fully saturated rings. The summed E-state index contributed by atoms with van der Waals surface area (Å²) in [6.07, 6.45) is 2.70. The van der Waals surface area contributed by atoms with Crippen LogP contribution in [-0.4, -0.2) is 36.6 Å². The molecule has 1 aromatic carbocycles. The Hall–Kier alpha value is -1.39. The van der Waals surface area contributed by atoms with E-state index in [1.165, 1.54) is 0 Å². The molecule has 2 rings (SSSR count). The molecule has 4 nitrogen and oxygen atoms in total. The van der Waals surface area contributed by atoms with Crippen molar-refractivity contribution in [3.05, 3.63) is 35.4 Å². The van der Waals surface area contributed by atoms with Gasteiger partial charge in [-0.2, -0.15) is 0 Å². The number of piperidine rings is 1. The molecule has 2 N–H and O–H groups in total. The molecule has 1 heterocycles. The minimum atomic E-state index is 0.209. The Morgan fingerprint density at radius 2 is 1.85 bits per heavy atom. The molecule has 1 aromatic rings. The van der Waals surface area contributed by atoms with Crippen LogP contribution in [0, 0.1) is 0 Å².